The van der Waals surface area contributed by atoms with E-state index in [1.54, 1.807) is 6.92 Å². The van der Waals surface area contributed by atoms with Crippen LogP contribution in [0.4, 0.5) is 0 Å². The molecule has 2 unspecified atom stereocenters. The Kier molecular flexibility index (Phi) is 6.09. The molecule has 1 rings (SSSR count). The quantitative estimate of drug-likeness (QED) is 0.790. The fourth-order valence-electron chi connectivity index (χ4n) is 3.27. The van der Waals surface area contributed by atoms with Crippen molar-refractivity contribution in [1.29, 1.82) is 0 Å². The molecule has 0 saturated heterocycles. The Bertz CT molecular complexity index is 394. The molecule has 3 nitrogen and oxygen atoms in total. The van der Waals surface area contributed by atoms with E-state index >= 15 is 0 Å². The van der Waals surface area contributed by atoms with E-state index in [9.17, 15) is 13.5 Å². The number of aliphatic hydroxyl groups is 1. The summed E-state index contributed by atoms with van der Waals surface area (Å²) in [4.78, 5) is 0. The molecule has 4 heteroatoms. The van der Waals surface area contributed by atoms with Crippen molar-refractivity contribution in [1.82, 2.24) is 0 Å². The average Bonchev–Trinajstić information content (AvgIpc) is 2.51. The minimum atomic E-state index is -2.90. The van der Waals surface area contributed by atoms with Gasteiger partial charge in [0, 0.05) is 5.75 Å². The normalized spacial score (nSPS) is 29.1. The van der Waals surface area contributed by atoms with Gasteiger partial charge >= 0.3 is 0 Å². The molecule has 0 radical (unpaired) electrons. The molecule has 20 heavy (non-hydrogen) atoms. The second-order valence-electron chi connectivity index (χ2n) is 7.56. The van der Waals surface area contributed by atoms with Gasteiger partial charge in [-0.15, -0.1) is 0 Å². The van der Waals surface area contributed by atoms with Crippen LogP contribution in [0.15, 0.2) is 0 Å². The topological polar surface area (TPSA) is 54.4 Å². The van der Waals surface area contributed by atoms with Gasteiger partial charge in [-0.05, 0) is 49.9 Å². The Hall–Kier alpha value is -0.0900. The minimum Gasteiger partial charge on any atom is -0.390 e. The highest BCUT2D eigenvalue weighted by molar-refractivity contribution is 7.91. The highest BCUT2D eigenvalue weighted by Gasteiger charge is 2.34. The lowest BCUT2D eigenvalue weighted by Gasteiger charge is -2.31. The van der Waals surface area contributed by atoms with Crippen molar-refractivity contribution in [2.24, 2.45) is 11.3 Å². The first-order chi connectivity index (χ1) is 9.08. The number of rotatable bonds is 5. The fraction of sp³-hybridized carbons (Fsp3) is 1.00. The standard InChI is InChI=1S/C16H32O3S/c1-5-20(18,19)13-7-11-16(17)10-6-8-14(9-12-16)15(2,3)4/h14,17H,5-13H2,1-4H3. The molecule has 0 heterocycles. The SMILES string of the molecule is CCS(=O)(=O)CCCC1(O)CCCC(C(C)(C)C)CC1. The van der Waals surface area contributed by atoms with Crippen LogP contribution in [-0.2, 0) is 9.84 Å². The zero-order valence-corrected chi connectivity index (χ0v) is 14.4. The number of sulfone groups is 1. The van der Waals surface area contributed by atoms with Crippen LogP contribution in [0.5, 0.6) is 0 Å². The van der Waals surface area contributed by atoms with Crippen LogP contribution in [-0.4, -0.2) is 30.6 Å². The lowest BCUT2D eigenvalue weighted by atomic mass is 9.76. The summed E-state index contributed by atoms with van der Waals surface area (Å²) < 4.78 is 23.0. The molecule has 0 aromatic heterocycles. The van der Waals surface area contributed by atoms with E-state index < -0.39 is 15.4 Å². The predicted octanol–water partition coefficient (Wildman–Crippen LogP) is 3.56. The molecule has 1 aliphatic carbocycles. The molecule has 0 spiro atoms. The van der Waals surface area contributed by atoms with E-state index in [0.29, 0.717) is 24.2 Å². The van der Waals surface area contributed by atoms with Crippen LogP contribution < -0.4 is 0 Å². The van der Waals surface area contributed by atoms with Crippen LogP contribution >= 0.6 is 0 Å². The maximum absolute atomic E-state index is 11.5. The summed E-state index contributed by atoms with van der Waals surface area (Å²) in [5.74, 6) is 1.09. The van der Waals surface area contributed by atoms with Crippen molar-refractivity contribution in [3.8, 4) is 0 Å². The third-order valence-electron chi connectivity index (χ3n) is 4.91. The molecule has 0 aromatic carbocycles. The van der Waals surface area contributed by atoms with Gasteiger partial charge in [0.15, 0.2) is 0 Å². The average molecular weight is 304 g/mol. The molecule has 0 aromatic rings. The molecule has 1 N–H and O–H groups in total. The van der Waals surface area contributed by atoms with E-state index in [2.05, 4.69) is 20.8 Å². The molecule has 2 atom stereocenters. The molecular formula is C16H32O3S. The zero-order chi connectivity index (χ0) is 15.4. The first kappa shape index (κ1) is 18.0. The summed E-state index contributed by atoms with van der Waals surface area (Å²) in [5, 5.41) is 10.7. The molecule has 1 saturated carbocycles. The van der Waals surface area contributed by atoms with E-state index in [1.807, 2.05) is 0 Å². The predicted molar refractivity (Wildman–Crippen MR) is 84.5 cm³/mol. The zero-order valence-electron chi connectivity index (χ0n) is 13.6. The second kappa shape index (κ2) is 6.78. The Balaban J connectivity index is 2.50. The minimum absolute atomic E-state index is 0.206. The summed E-state index contributed by atoms with van der Waals surface area (Å²) in [6.07, 6.45) is 6.15. The van der Waals surface area contributed by atoms with Crippen molar-refractivity contribution in [3.05, 3.63) is 0 Å². The highest BCUT2D eigenvalue weighted by Crippen LogP contribution is 2.41. The van der Waals surface area contributed by atoms with Gasteiger partial charge < -0.3 is 5.11 Å². The van der Waals surface area contributed by atoms with Crippen molar-refractivity contribution in [2.75, 3.05) is 11.5 Å². The van der Waals surface area contributed by atoms with Gasteiger partial charge in [-0.25, -0.2) is 8.42 Å². The monoisotopic (exact) mass is 304 g/mol. The van der Waals surface area contributed by atoms with E-state index in [1.165, 1.54) is 6.42 Å². The third-order valence-corrected chi connectivity index (χ3v) is 6.71. The Labute approximate surface area is 125 Å². The van der Waals surface area contributed by atoms with Crippen LogP contribution in [0.25, 0.3) is 0 Å². The third kappa shape index (κ3) is 5.72. The molecule has 0 aliphatic heterocycles. The van der Waals surface area contributed by atoms with Crippen molar-refractivity contribution in [3.63, 3.8) is 0 Å². The molecule has 0 amide bonds. The van der Waals surface area contributed by atoms with Crippen molar-refractivity contribution < 1.29 is 13.5 Å². The van der Waals surface area contributed by atoms with Gasteiger partial charge in [-0.3, -0.25) is 0 Å². The molecule has 1 fully saturated rings. The molecule has 120 valence electrons. The summed E-state index contributed by atoms with van der Waals surface area (Å²) in [6, 6.07) is 0. The van der Waals surface area contributed by atoms with Crippen molar-refractivity contribution >= 4 is 9.84 Å². The first-order valence-corrected chi connectivity index (χ1v) is 9.83. The van der Waals surface area contributed by atoms with Crippen LogP contribution in [0, 0.1) is 11.3 Å². The maximum Gasteiger partial charge on any atom is 0.150 e. The van der Waals surface area contributed by atoms with Crippen LogP contribution in [0.3, 0.4) is 0 Å². The van der Waals surface area contributed by atoms with Crippen LogP contribution in [0.1, 0.15) is 72.6 Å². The summed E-state index contributed by atoms with van der Waals surface area (Å²) in [6.45, 7) is 8.51. The Morgan fingerprint density at radius 2 is 1.85 bits per heavy atom. The molecular weight excluding hydrogens is 272 g/mol. The largest absolute Gasteiger partial charge is 0.390 e. The second-order valence-corrected chi connectivity index (χ2v) is 10.0. The number of hydrogen-bond donors (Lipinski definition) is 1. The van der Waals surface area contributed by atoms with E-state index in [0.717, 1.165) is 25.7 Å². The lowest BCUT2D eigenvalue weighted by molar-refractivity contribution is 0.0134. The summed E-state index contributed by atoms with van der Waals surface area (Å²) in [7, 11) is -2.90. The number of hydrogen-bond acceptors (Lipinski definition) is 3. The lowest BCUT2D eigenvalue weighted by Crippen LogP contribution is -2.29. The van der Waals surface area contributed by atoms with Gasteiger partial charge in [0.1, 0.15) is 9.84 Å². The van der Waals surface area contributed by atoms with Crippen molar-refractivity contribution in [2.45, 2.75) is 78.2 Å². The van der Waals surface area contributed by atoms with Gasteiger partial charge in [-0.1, -0.05) is 34.1 Å². The highest BCUT2D eigenvalue weighted by atomic mass is 32.2. The Morgan fingerprint density at radius 1 is 1.20 bits per heavy atom. The van der Waals surface area contributed by atoms with Gasteiger partial charge in [0.2, 0.25) is 0 Å². The molecule has 1 aliphatic rings. The van der Waals surface area contributed by atoms with E-state index in [-0.39, 0.29) is 11.5 Å². The smallest absolute Gasteiger partial charge is 0.150 e. The van der Waals surface area contributed by atoms with Crippen LogP contribution in [0.2, 0.25) is 0 Å². The first-order valence-electron chi connectivity index (χ1n) is 8.01. The van der Waals surface area contributed by atoms with Gasteiger partial charge in [0.25, 0.3) is 0 Å². The van der Waals surface area contributed by atoms with E-state index in [4.69, 9.17) is 0 Å². The Morgan fingerprint density at radius 3 is 2.40 bits per heavy atom. The van der Waals surface area contributed by atoms with Gasteiger partial charge in [0.05, 0.1) is 11.4 Å². The molecule has 0 bridgehead atoms. The maximum atomic E-state index is 11.5. The summed E-state index contributed by atoms with van der Waals surface area (Å²) >= 11 is 0. The van der Waals surface area contributed by atoms with Gasteiger partial charge in [-0.2, -0.15) is 0 Å². The summed E-state index contributed by atoms with van der Waals surface area (Å²) in [5.41, 5.74) is -0.333. The fourth-order valence-corrected chi connectivity index (χ4v) is 4.14.